The van der Waals surface area contributed by atoms with Gasteiger partial charge in [0.1, 0.15) is 5.82 Å². The Bertz CT molecular complexity index is 1000. The summed E-state index contributed by atoms with van der Waals surface area (Å²) in [5.74, 6) is -0.500. The van der Waals surface area contributed by atoms with E-state index in [-0.39, 0.29) is 24.1 Å². The maximum Gasteiger partial charge on any atom is 0.280 e. The van der Waals surface area contributed by atoms with Crippen LogP contribution >= 0.6 is 23.7 Å². The van der Waals surface area contributed by atoms with E-state index in [1.54, 1.807) is 22.7 Å². The molecule has 1 saturated heterocycles. The zero-order valence-corrected chi connectivity index (χ0v) is 17.9. The molecule has 7 nitrogen and oxygen atoms in total. The second kappa shape index (κ2) is 9.17. The predicted molar refractivity (Wildman–Crippen MR) is 114 cm³/mol. The normalized spacial score (nSPS) is 14.7. The molecule has 3 heterocycles. The second-order valence-corrected chi connectivity index (χ2v) is 7.86. The number of morpholine rings is 1. The topological polar surface area (TPSA) is 63.5 Å². The van der Waals surface area contributed by atoms with Crippen LogP contribution in [0.4, 0.5) is 9.52 Å². The Kier molecular flexibility index (Phi) is 6.84. The number of amides is 1. The fourth-order valence-corrected chi connectivity index (χ4v) is 4.31. The standard InChI is InChI=1S/C19H22FN5O2S.ClH/c1-13-12-23(2)22-17(13)18(26)25(6-5-24-7-9-27-10-8-24)19-21-15-4-3-14(20)11-16(15)28-19;/h3-4,11-12H,5-10H2,1-2H3;1H. The summed E-state index contributed by atoms with van der Waals surface area (Å²) in [6.45, 7) is 6.16. The van der Waals surface area contributed by atoms with E-state index < -0.39 is 0 Å². The fraction of sp³-hybridized carbons (Fsp3) is 0.421. The fourth-order valence-electron chi connectivity index (χ4n) is 3.30. The van der Waals surface area contributed by atoms with Gasteiger partial charge < -0.3 is 4.74 Å². The lowest BCUT2D eigenvalue weighted by Gasteiger charge is -2.29. The molecule has 2 aromatic heterocycles. The molecule has 0 atom stereocenters. The van der Waals surface area contributed by atoms with Crippen molar-refractivity contribution in [3.8, 4) is 0 Å². The van der Waals surface area contributed by atoms with E-state index in [0.29, 0.717) is 42.6 Å². The summed E-state index contributed by atoms with van der Waals surface area (Å²) < 4.78 is 21.3. The van der Waals surface area contributed by atoms with Crippen molar-refractivity contribution in [2.24, 2.45) is 7.05 Å². The van der Waals surface area contributed by atoms with E-state index in [2.05, 4.69) is 15.0 Å². The van der Waals surface area contributed by atoms with Crippen molar-refractivity contribution < 1.29 is 13.9 Å². The summed E-state index contributed by atoms with van der Waals surface area (Å²) >= 11 is 1.32. The summed E-state index contributed by atoms with van der Waals surface area (Å²) in [7, 11) is 1.79. The van der Waals surface area contributed by atoms with Crippen molar-refractivity contribution in [2.75, 3.05) is 44.3 Å². The van der Waals surface area contributed by atoms with Crippen LogP contribution in [0.2, 0.25) is 0 Å². The average Bonchev–Trinajstić information content (AvgIpc) is 3.24. The molecule has 1 aliphatic heterocycles. The van der Waals surface area contributed by atoms with Crippen LogP contribution in [0, 0.1) is 12.7 Å². The molecule has 0 aliphatic carbocycles. The molecule has 0 radical (unpaired) electrons. The minimum absolute atomic E-state index is 0. The Morgan fingerprint density at radius 3 is 2.79 bits per heavy atom. The summed E-state index contributed by atoms with van der Waals surface area (Å²) in [6.07, 6.45) is 1.82. The number of thiazole rings is 1. The van der Waals surface area contributed by atoms with Gasteiger partial charge in [-0.3, -0.25) is 19.3 Å². The maximum absolute atomic E-state index is 13.6. The molecule has 10 heteroatoms. The summed E-state index contributed by atoms with van der Waals surface area (Å²) in [6, 6.07) is 4.48. The number of anilines is 1. The smallest absolute Gasteiger partial charge is 0.280 e. The molecular formula is C19H23ClFN5O2S. The monoisotopic (exact) mass is 439 g/mol. The molecule has 0 unspecified atom stereocenters. The molecule has 156 valence electrons. The first-order valence-corrected chi connectivity index (χ1v) is 10.0. The van der Waals surface area contributed by atoms with Crippen molar-refractivity contribution in [3.63, 3.8) is 0 Å². The minimum Gasteiger partial charge on any atom is -0.379 e. The first-order chi connectivity index (χ1) is 13.5. The number of halogens is 2. The number of aryl methyl sites for hydroxylation is 2. The third kappa shape index (κ3) is 4.75. The minimum atomic E-state index is -0.311. The number of ether oxygens (including phenoxy) is 1. The molecule has 0 bridgehead atoms. The number of aromatic nitrogens is 3. The van der Waals surface area contributed by atoms with Crippen LogP contribution in [0.1, 0.15) is 16.1 Å². The molecule has 0 saturated carbocycles. The molecule has 4 rings (SSSR count). The number of benzene rings is 1. The lowest BCUT2D eigenvalue weighted by molar-refractivity contribution is 0.0391. The van der Waals surface area contributed by atoms with Gasteiger partial charge in [-0.05, 0) is 25.1 Å². The highest BCUT2D eigenvalue weighted by molar-refractivity contribution is 7.22. The van der Waals surface area contributed by atoms with Gasteiger partial charge in [0, 0.05) is 45.0 Å². The Morgan fingerprint density at radius 2 is 2.10 bits per heavy atom. The third-order valence-electron chi connectivity index (χ3n) is 4.77. The number of carbonyl (C=O) groups is 1. The molecule has 1 amide bonds. The van der Waals surface area contributed by atoms with Crippen LogP contribution < -0.4 is 4.90 Å². The predicted octanol–water partition coefficient (Wildman–Crippen LogP) is 2.88. The van der Waals surface area contributed by atoms with Gasteiger partial charge in [0.05, 0.1) is 23.4 Å². The van der Waals surface area contributed by atoms with E-state index >= 15 is 0 Å². The Morgan fingerprint density at radius 1 is 1.34 bits per heavy atom. The maximum atomic E-state index is 13.6. The molecule has 3 aromatic rings. The number of hydrogen-bond acceptors (Lipinski definition) is 6. The molecule has 0 N–H and O–H groups in total. The molecule has 0 spiro atoms. The number of rotatable bonds is 5. The Labute approximate surface area is 178 Å². The molecule has 1 aromatic carbocycles. The summed E-state index contributed by atoms with van der Waals surface area (Å²) in [5.41, 5.74) is 1.91. The lowest BCUT2D eigenvalue weighted by Crippen LogP contribution is -2.43. The van der Waals surface area contributed by atoms with E-state index in [9.17, 15) is 9.18 Å². The van der Waals surface area contributed by atoms with Gasteiger partial charge in [0.15, 0.2) is 10.8 Å². The van der Waals surface area contributed by atoms with Gasteiger partial charge in [-0.1, -0.05) is 11.3 Å². The summed E-state index contributed by atoms with van der Waals surface area (Å²) in [4.78, 5) is 21.8. The number of carbonyl (C=O) groups excluding carboxylic acids is 1. The SMILES string of the molecule is Cc1cn(C)nc1C(=O)N(CCN1CCOCC1)c1nc2ccc(F)cc2s1.Cl. The van der Waals surface area contributed by atoms with E-state index in [4.69, 9.17) is 4.74 Å². The zero-order valence-electron chi connectivity index (χ0n) is 16.3. The van der Waals surface area contributed by atoms with Crippen LogP contribution in [0.5, 0.6) is 0 Å². The number of nitrogens with zero attached hydrogens (tertiary/aromatic N) is 5. The van der Waals surface area contributed by atoms with Gasteiger partial charge in [-0.25, -0.2) is 9.37 Å². The summed E-state index contributed by atoms with van der Waals surface area (Å²) in [5, 5.41) is 4.89. The van der Waals surface area contributed by atoms with Gasteiger partial charge >= 0.3 is 0 Å². The zero-order chi connectivity index (χ0) is 19.7. The molecular weight excluding hydrogens is 417 g/mol. The number of fused-ring (bicyclic) bond motifs is 1. The largest absolute Gasteiger partial charge is 0.379 e. The van der Waals surface area contributed by atoms with Crippen LogP contribution in [0.15, 0.2) is 24.4 Å². The van der Waals surface area contributed by atoms with Crippen molar-refractivity contribution in [1.29, 1.82) is 0 Å². The quantitative estimate of drug-likeness (QED) is 0.611. The highest BCUT2D eigenvalue weighted by Gasteiger charge is 2.26. The first kappa shape index (κ1) is 21.6. The first-order valence-electron chi connectivity index (χ1n) is 9.19. The van der Waals surface area contributed by atoms with Gasteiger partial charge in [-0.2, -0.15) is 5.10 Å². The van der Waals surface area contributed by atoms with E-state index in [1.807, 2.05) is 13.1 Å². The van der Waals surface area contributed by atoms with Gasteiger partial charge in [0.25, 0.3) is 5.91 Å². The van der Waals surface area contributed by atoms with Crippen molar-refractivity contribution in [2.45, 2.75) is 6.92 Å². The van der Waals surface area contributed by atoms with Crippen LogP contribution in [0.3, 0.4) is 0 Å². The van der Waals surface area contributed by atoms with Crippen molar-refractivity contribution in [3.05, 3.63) is 41.5 Å². The number of hydrogen-bond donors (Lipinski definition) is 0. The van der Waals surface area contributed by atoms with Crippen molar-refractivity contribution in [1.82, 2.24) is 19.7 Å². The van der Waals surface area contributed by atoms with E-state index in [1.165, 1.54) is 23.5 Å². The van der Waals surface area contributed by atoms with Crippen LogP contribution in [-0.2, 0) is 11.8 Å². The third-order valence-corrected chi connectivity index (χ3v) is 5.81. The average molecular weight is 440 g/mol. The lowest BCUT2D eigenvalue weighted by atomic mass is 10.2. The van der Waals surface area contributed by atoms with Crippen LogP contribution in [0.25, 0.3) is 10.2 Å². The van der Waals surface area contributed by atoms with Crippen molar-refractivity contribution >= 4 is 45.0 Å². The van der Waals surface area contributed by atoms with Gasteiger partial charge in [-0.15, -0.1) is 12.4 Å². The second-order valence-electron chi connectivity index (χ2n) is 6.85. The molecule has 29 heavy (non-hydrogen) atoms. The highest BCUT2D eigenvalue weighted by Crippen LogP contribution is 2.30. The molecule has 1 fully saturated rings. The Hall–Kier alpha value is -2.07. The highest BCUT2D eigenvalue weighted by atomic mass is 35.5. The van der Waals surface area contributed by atoms with Gasteiger partial charge in [0.2, 0.25) is 0 Å². The van der Waals surface area contributed by atoms with E-state index in [0.717, 1.165) is 23.4 Å². The molecule has 1 aliphatic rings. The Balaban J connectivity index is 0.00000240. The van der Waals surface area contributed by atoms with Crippen LogP contribution in [-0.4, -0.2) is 65.0 Å².